The summed E-state index contributed by atoms with van der Waals surface area (Å²) in [7, 11) is 0. The number of amides is 2. The molecule has 132 valence electrons. The van der Waals surface area contributed by atoms with Crippen molar-refractivity contribution in [1.29, 1.82) is 0 Å². The molecule has 2 aromatic carbocycles. The summed E-state index contributed by atoms with van der Waals surface area (Å²) in [6.45, 7) is 7.27. The maximum atomic E-state index is 12.4. The van der Waals surface area contributed by atoms with Crippen LogP contribution in [0.5, 0.6) is 0 Å². The third-order valence-corrected chi connectivity index (χ3v) is 3.73. The number of carbonyl (C=O) groups is 2. The average Bonchev–Trinajstić information content (AvgIpc) is 2.67. The number of anilines is 1. The SMILES string of the molecule is C=CC(=O)N(c1ccccc1)C(C)(C)C#Cc1ccc(C(=O)NO)cc1. The molecule has 2 amide bonds. The summed E-state index contributed by atoms with van der Waals surface area (Å²) < 4.78 is 0. The molecule has 0 bridgehead atoms. The number of benzene rings is 2. The first kappa shape index (κ1) is 19.0. The Kier molecular flexibility index (Phi) is 5.94. The normalized spacial score (nSPS) is 10.3. The summed E-state index contributed by atoms with van der Waals surface area (Å²) in [4.78, 5) is 25.3. The van der Waals surface area contributed by atoms with Crippen LogP contribution < -0.4 is 10.4 Å². The Labute approximate surface area is 152 Å². The predicted molar refractivity (Wildman–Crippen MR) is 101 cm³/mol. The fraction of sp³-hybridized carbons (Fsp3) is 0.143. The lowest BCUT2D eigenvalue weighted by atomic mass is 10.0. The Balaban J connectivity index is 2.34. The molecule has 26 heavy (non-hydrogen) atoms. The monoisotopic (exact) mass is 348 g/mol. The summed E-state index contributed by atoms with van der Waals surface area (Å²) in [5.41, 5.74) is 2.54. The van der Waals surface area contributed by atoms with Gasteiger partial charge in [0.25, 0.3) is 11.8 Å². The minimum Gasteiger partial charge on any atom is -0.292 e. The molecule has 0 spiro atoms. The zero-order valence-corrected chi connectivity index (χ0v) is 14.7. The van der Waals surface area contributed by atoms with Crippen molar-refractivity contribution >= 4 is 17.5 Å². The van der Waals surface area contributed by atoms with E-state index in [0.29, 0.717) is 11.1 Å². The molecule has 5 nitrogen and oxygen atoms in total. The Hall–Kier alpha value is -3.36. The van der Waals surface area contributed by atoms with E-state index in [1.165, 1.54) is 6.08 Å². The molecule has 0 aliphatic rings. The highest BCUT2D eigenvalue weighted by Gasteiger charge is 2.29. The zero-order chi connectivity index (χ0) is 19.2. The van der Waals surface area contributed by atoms with E-state index in [0.717, 1.165) is 5.69 Å². The van der Waals surface area contributed by atoms with Gasteiger partial charge in [-0.05, 0) is 56.3 Å². The minimum atomic E-state index is -0.784. The van der Waals surface area contributed by atoms with Gasteiger partial charge in [0, 0.05) is 16.8 Å². The lowest BCUT2D eigenvalue weighted by Gasteiger charge is -2.34. The number of nitrogens with zero attached hydrogens (tertiary/aromatic N) is 1. The van der Waals surface area contributed by atoms with Gasteiger partial charge in [-0.15, -0.1) is 0 Å². The molecule has 0 aliphatic heterocycles. The van der Waals surface area contributed by atoms with E-state index in [1.54, 1.807) is 34.6 Å². The van der Waals surface area contributed by atoms with Gasteiger partial charge >= 0.3 is 0 Å². The molecule has 2 N–H and O–H groups in total. The molecule has 0 saturated heterocycles. The van der Waals surface area contributed by atoms with Crippen molar-refractivity contribution in [3.8, 4) is 11.8 Å². The molecular formula is C21H20N2O3. The number of hydroxylamine groups is 1. The van der Waals surface area contributed by atoms with E-state index < -0.39 is 11.4 Å². The van der Waals surface area contributed by atoms with Crippen molar-refractivity contribution in [3.05, 3.63) is 78.4 Å². The van der Waals surface area contributed by atoms with Gasteiger partial charge in [0.1, 0.15) is 5.54 Å². The molecule has 2 rings (SSSR count). The summed E-state index contributed by atoms with van der Waals surface area (Å²) >= 11 is 0. The van der Waals surface area contributed by atoms with E-state index >= 15 is 0 Å². The van der Waals surface area contributed by atoms with E-state index in [4.69, 9.17) is 5.21 Å². The highest BCUT2D eigenvalue weighted by atomic mass is 16.5. The van der Waals surface area contributed by atoms with E-state index in [1.807, 2.05) is 44.2 Å². The lowest BCUT2D eigenvalue weighted by Crippen LogP contribution is -2.46. The molecular weight excluding hydrogens is 328 g/mol. The lowest BCUT2D eigenvalue weighted by molar-refractivity contribution is -0.114. The van der Waals surface area contributed by atoms with Gasteiger partial charge in [-0.2, -0.15) is 0 Å². The van der Waals surface area contributed by atoms with Crippen LogP contribution in [-0.2, 0) is 4.79 Å². The van der Waals surface area contributed by atoms with E-state index in [2.05, 4.69) is 18.4 Å². The van der Waals surface area contributed by atoms with E-state index in [9.17, 15) is 9.59 Å². The molecule has 0 fully saturated rings. The fourth-order valence-corrected chi connectivity index (χ4v) is 2.44. The largest absolute Gasteiger partial charge is 0.292 e. The predicted octanol–water partition coefficient (Wildman–Crippen LogP) is 3.15. The van der Waals surface area contributed by atoms with Crippen LogP contribution in [0.15, 0.2) is 67.3 Å². The zero-order valence-electron chi connectivity index (χ0n) is 14.7. The van der Waals surface area contributed by atoms with Crippen LogP contribution in [0.3, 0.4) is 0 Å². The van der Waals surface area contributed by atoms with Gasteiger partial charge in [-0.1, -0.05) is 36.6 Å². The van der Waals surface area contributed by atoms with Crippen molar-refractivity contribution in [2.45, 2.75) is 19.4 Å². The number of hydrogen-bond donors (Lipinski definition) is 2. The third-order valence-electron chi connectivity index (χ3n) is 3.73. The van der Waals surface area contributed by atoms with Crippen LogP contribution >= 0.6 is 0 Å². The van der Waals surface area contributed by atoms with Gasteiger partial charge < -0.3 is 0 Å². The number of carbonyl (C=O) groups excluding carboxylic acids is 2. The second-order valence-electron chi connectivity index (χ2n) is 6.04. The van der Waals surface area contributed by atoms with Crippen LogP contribution in [0.2, 0.25) is 0 Å². The summed E-state index contributed by atoms with van der Waals surface area (Å²) in [5, 5.41) is 8.64. The quantitative estimate of drug-likeness (QED) is 0.386. The van der Waals surface area contributed by atoms with Crippen molar-refractivity contribution in [1.82, 2.24) is 5.48 Å². The second kappa shape index (κ2) is 8.15. The molecule has 0 aliphatic carbocycles. The highest BCUT2D eigenvalue weighted by Crippen LogP contribution is 2.24. The third kappa shape index (κ3) is 4.38. The van der Waals surface area contributed by atoms with E-state index in [-0.39, 0.29) is 5.91 Å². The summed E-state index contributed by atoms with van der Waals surface area (Å²) in [5.74, 6) is 5.30. The molecule has 5 heteroatoms. The second-order valence-corrected chi connectivity index (χ2v) is 6.04. The Morgan fingerprint density at radius 3 is 2.27 bits per heavy atom. The van der Waals surface area contributed by atoms with Crippen LogP contribution in [0.25, 0.3) is 0 Å². The maximum absolute atomic E-state index is 12.4. The molecule has 2 aromatic rings. The first-order valence-electron chi connectivity index (χ1n) is 7.98. The minimum absolute atomic E-state index is 0.245. The maximum Gasteiger partial charge on any atom is 0.274 e. The standard InChI is InChI=1S/C21H20N2O3/c1-4-19(24)23(18-8-6-5-7-9-18)21(2,3)15-14-16-10-12-17(13-11-16)20(25)22-26/h4-13,26H,1H2,2-3H3,(H,22,25). The highest BCUT2D eigenvalue weighted by molar-refractivity contribution is 6.02. The Morgan fingerprint density at radius 1 is 1.12 bits per heavy atom. The molecule has 0 saturated carbocycles. The van der Waals surface area contributed by atoms with Crippen molar-refractivity contribution < 1.29 is 14.8 Å². The molecule has 0 aromatic heterocycles. The summed E-state index contributed by atoms with van der Waals surface area (Å²) in [6, 6.07) is 15.7. The van der Waals surface area contributed by atoms with Crippen LogP contribution in [0.4, 0.5) is 5.69 Å². The van der Waals surface area contributed by atoms with Crippen molar-refractivity contribution in [2.75, 3.05) is 4.90 Å². The van der Waals surface area contributed by atoms with Crippen molar-refractivity contribution in [2.24, 2.45) is 0 Å². The van der Waals surface area contributed by atoms with Gasteiger partial charge in [0.05, 0.1) is 0 Å². The number of nitrogens with one attached hydrogen (secondary N) is 1. The number of para-hydroxylation sites is 1. The van der Waals surface area contributed by atoms with Crippen molar-refractivity contribution in [3.63, 3.8) is 0 Å². The number of hydrogen-bond acceptors (Lipinski definition) is 3. The number of rotatable bonds is 4. The van der Waals surface area contributed by atoms with Crippen LogP contribution in [0, 0.1) is 11.8 Å². The fourth-order valence-electron chi connectivity index (χ4n) is 2.44. The smallest absolute Gasteiger partial charge is 0.274 e. The first-order chi connectivity index (χ1) is 12.4. The average molecular weight is 348 g/mol. The first-order valence-corrected chi connectivity index (χ1v) is 7.98. The van der Waals surface area contributed by atoms with Gasteiger partial charge in [-0.25, -0.2) is 5.48 Å². The molecule has 0 radical (unpaired) electrons. The molecule has 0 unspecified atom stereocenters. The van der Waals surface area contributed by atoms with Gasteiger partial charge in [-0.3, -0.25) is 19.7 Å². The topological polar surface area (TPSA) is 69.6 Å². The molecule has 0 heterocycles. The van der Waals surface area contributed by atoms with Crippen LogP contribution in [0.1, 0.15) is 29.8 Å². The Bertz CT molecular complexity index is 860. The van der Waals surface area contributed by atoms with Gasteiger partial charge in [0.15, 0.2) is 0 Å². The summed E-state index contributed by atoms with van der Waals surface area (Å²) in [6.07, 6.45) is 1.26. The Morgan fingerprint density at radius 2 is 1.73 bits per heavy atom. The van der Waals surface area contributed by atoms with Crippen LogP contribution in [-0.4, -0.2) is 22.6 Å². The molecule has 0 atom stereocenters. The van der Waals surface area contributed by atoms with Gasteiger partial charge in [0.2, 0.25) is 0 Å².